The third-order valence-corrected chi connectivity index (χ3v) is 2.59. The van der Waals surface area contributed by atoms with Crippen LogP contribution >= 0.6 is 0 Å². The van der Waals surface area contributed by atoms with Crippen LogP contribution in [0.25, 0.3) is 0 Å². The van der Waals surface area contributed by atoms with Gasteiger partial charge in [0.05, 0.1) is 13.2 Å². The third kappa shape index (κ3) is 3.37. The number of nitrogens with zero attached hydrogens (tertiary/aromatic N) is 1. The largest absolute Gasteiger partial charge is 0.482 e. The Morgan fingerprint density at radius 3 is 2.63 bits per heavy atom. The van der Waals surface area contributed by atoms with Gasteiger partial charge in [0.2, 0.25) is 0 Å². The maximum absolute atomic E-state index is 13.6. The van der Waals surface area contributed by atoms with Crippen molar-refractivity contribution in [3.8, 4) is 5.75 Å². The van der Waals surface area contributed by atoms with E-state index in [2.05, 4.69) is 4.74 Å². The van der Waals surface area contributed by atoms with Gasteiger partial charge in [-0.05, 0) is 12.1 Å². The van der Waals surface area contributed by atoms with Crippen LogP contribution < -0.4 is 4.74 Å². The van der Waals surface area contributed by atoms with Crippen molar-refractivity contribution in [1.29, 1.82) is 0 Å². The first-order valence-electron chi connectivity index (χ1n) is 5.68. The van der Waals surface area contributed by atoms with Gasteiger partial charge in [-0.2, -0.15) is 8.78 Å². The van der Waals surface area contributed by atoms with E-state index in [1.54, 1.807) is 0 Å². The number of alkyl halides is 2. The lowest BCUT2D eigenvalue weighted by atomic mass is 10.3. The van der Waals surface area contributed by atoms with Crippen LogP contribution in [0, 0.1) is 5.82 Å². The fourth-order valence-corrected chi connectivity index (χ4v) is 1.67. The van der Waals surface area contributed by atoms with E-state index in [4.69, 9.17) is 4.74 Å². The summed E-state index contributed by atoms with van der Waals surface area (Å²) in [5, 5.41) is 0. The zero-order chi connectivity index (χ0) is 13.9. The summed E-state index contributed by atoms with van der Waals surface area (Å²) in [6.45, 7) is 0.589. The molecule has 104 valence electrons. The number of hydrogen-bond acceptors (Lipinski definition) is 3. The van der Waals surface area contributed by atoms with Gasteiger partial charge in [0.1, 0.15) is 11.6 Å². The van der Waals surface area contributed by atoms with Crippen LogP contribution in [0.15, 0.2) is 24.3 Å². The molecule has 0 radical (unpaired) electrons. The summed E-state index contributed by atoms with van der Waals surface area (Å²) in [5.41, 5.74) is 0. The summed E-state index contributed by atoms with van der Waals surface area (Å²) < 4.78 is 49.4. The zero-order valence-electron chi connectivity index (χ0n) is 9.94. The fourth-order valence-electron chi connectivity index (χ4n) is 1.67. The van der Waals surface area contributed by atoms with E-state index in [9.17, 15) is 18.0 Å². The van der Waals surface area contributed by atoms with Gasteiger partial charge < -0.3 is 14.4 Å². The Balaban J connectivity index is 2.06. The van der Waals surface area contributed by atoms with E-state index in [0.29, 0.717) is 0 Å². The van der Waals surface area contributed by atoms with E-state index < -0.39 is 23.6 Å². The fraction of sp³-hybridized carbons (Fsp3) is 0.417. The van der Waals surface area contributed by atoms with Gasteiger partial charge in [-0.1, -0.05) is 6.07 Å². The number of carbonyl (C=O) groups excluding carboxylic acids is 1. The summed E-state index contributed by atoms with van der Waals surface area (Å²) in [7, 11) is 0. The molecule has 0 saturated carbocycles. The maximum Gasteiger partial charge on any atom is 0.482 e. The molecule has 0 aromatic heterocycles. The van der Waals surface area contributed by atoms with E-state index in [1.165, 1.54) is 6.07 Å². The minimum Gasteiger partial charge on any atom is -0.425 e. The molecule has 2 rings (SSSR count). The first-order valence-corrected chi connectivity index (χ1v) is 5.68. The first-order chi connectivity index (χ1) is 8.99. The lowest BCUT2D eigenvalue weighted by Gasteiger charge is -2.29. The molecule has 1 fully saturated rings. The average molecular weight is 275 g/mol. The molecule has 1 aliphatic heterocycles. The molecule has 0 unspecified atom stereocenters. The Bertz CT molecular complexity index is 461. The number of morpholine rings is 1. The van der Waals surface area contributed by atoms with Crippen LogP contribution in [0.2, 0.25) is 0 Å². The number of amides is 1. The molecule has 0 aliphatic carbocycles. The zero-order valence-corrected chi connectivity index (χ0v) is 9.94. The monoisotopic (exact) mass is 275 g/mol. The van der Waals surface area contributed by atoms with Crippen molar-refractivity contribution >= 4 is 5.91 Å². The van der Waals surface area contributed by atoms with Gasteiger partial charge in [0.25, 0.3) is 0 Å². The summed E-state index contributed by atoms with van der Waals surface area (Å²) in [6, 6.07) is 4.26. The molecular formula is C12H12F3NO3. The number of rotatable bonds is 3. The number of benzene rings is 1. The third-order valence-electron chi connectivity index (χ3n) is 2.59. The first kappa shape index (κ1) is 13.7. The second-order valence-electron chi connectivity index (χ2n) is 3.98. The van der Waals surface area contributed by atoms with Gasteiger partial charge in [-0.15, -0.1) is 0 Å². The van der Waals surface area contributed by atoms with E-state index >= 15 is 0 Å². The molecular weight excluding hydrogens is 263 g/mol. The van der Waals surface area contributed by atoms with Gasteiger partial charge in [-0.25, -0.2) is 4.39 Å². The van der Waals surface area contributed by atoms with Gasteiger partial charge >= 0.3 is 12.0 Å². The minimum absolute atomic E-state index is 0.0843. The lowest BCUT2D eigenvalue weighted by Crippen LogP contribution is -2.51. The van der Waals surface area contributed by atoms with Crippen LogP contribution in [-0.2, 0) is 9.53 Å². The van der Waals surface area contributed by atoms with E-state index in [1.807, 2.05) is 0 Å². The molecule has 1 aromatic carbocycles. The predicted octanol–water partition coefficient (Wildman–Crippen LogP) is 1.66. The highest BCUT2D eigenvalue weighted by atomic mass is 19.3. The molecule has 19 heavy (non-hydrogen) atoms. The van der Waals surface area contributed by atoms with Crippen LogP contribution in [0.5, 0.6) is 5.75 Å². The Hall–Kier alpha value is -1.76. The van der Waals surface area contributed by atoms with Crippen molar-refractivity contribution in [2.45, 2.75) is 6.11 Å². The van der Waals surface area contributed by atoms with Crippen molar-refractivity contribution < 1.29 is 27.4 Å². The van der Waals surface area contributed by atoms with Crippen LogP contribution in [0.3, 0.4) is 0 Å². The lowest BCUT2D eigenvalue weighted by molar-refractivity contribution is -0.206. The topological polar surface area (TPSA) is 38.8 Å². The standard InChI is InChI=1S/C12H12F3NO3/c13-9-2-1-3-10(8-9)19-12(14,15)11(17)16-4-6-18-7-5-16/h1-3,8H,4-7H2. The Morgan fingerprint density at radius 2 is 2.00 bits per heavy atom. The average Bonchev–Trinajstić information content (AvgIpc) is 2.38. The second kappa shape index (κ2) is 5.48. The highest BCUT2D eigenvalue weighted by molar-refractivity contribution is 5.82. The van der Waals surface area contributed by atoms with E-state index in [-0.39, 0.29) is 26.3 Å². The van der Waals surface area contributed by atoms with Gasteiger partial charge in [-0.3, -0.25) is 4.79 Å². The van der Waals surface area contributed by atoms with Gasteiger partial charge in [0, 0.05) is 19.2 Å². The molecule has 1 saturated heterocycles. The molecule has 1 aliphatic rings. The highest BCUT2D eigenvalue weighted by Crippen LogP contribution is 2.24. The normalized spacial score (nSPS) is 16.3. The number of halogens is 3. The van der Waals surface area contributed by atoms with Crippen LogP contribution in [0.4, 0.5) is 13.2 Å². The predicted molar refractivity (Wildman–Crippen MR) is 59.4 cm³/mol. The maximum atomic E-state index is 13.6. The second-order valence-corrected chi connectivity index (χ2v) is 3.98. The molecule has 1 amide bonds. The molecule has 1 aromatic rings. The van der Waals surface area contributed by atoms with E-state index in [0.717, 1.165) is 23.1 Å². The minimum atomic E-state index is -4.02. The molecule has 7 heteroatoms. The number of ether oxygens (including phenoxy) is 2. The number of hydrogen-bond donors (Lipinski definition) is 0. The Kier molecular flexibility index (Phi) is 3.94. The van der Waals surface area contributed by atoms with Crippen molar-refractivity contribution in [3.05, 3.63) is 30.1 Å². The smallest absolute Gasteiger partial charge is 0.425 e. The van der Waals surface area contributed by atoms with Crippen molar-refractivity contribution in [2.24, 2.45) is 0 Å². The van der Waals surface area contributed by atoms with Crippen LogP contribution in [-0.4, -0.2) is 43.2 Å². The molecule has 1 heterocycles. The summed E-state index contributed by atoms with van der Waals surface area (Å²) >= 11 is 0. The quantitative estimate of drug-likeness (QED) is 0.842. The van der Waals surface area contributed by atoms with Crippen molar-refractivity contribution in [3.63, 3.8) is 0 Å². The highest BCUT2D eigenvalue weighted by Gasteiger charge is 2.45. The molecule has 0 spiro atoms. The van der Waals surface area contributed by atoms with Gasteiger partial charge in [0.15, 0.2) is 0 Å². The van der Waals surface area contributed by atoms with Crippen molar-refractivity contribution in [1.82, 2.24) is 4.90 Å². The number of carbonyl (C=O) groups is 1. The molecule has 0 atom stereocenters. The van der Waals surface area contributed by atoms with Crippen LogP contribution in [0.1, 0.15) is 0 Å². The molecule has 0 bridgehead atoms. The Morgan fingerprint density at radius 1 is 1.32 bits per heavy atom. The summed E-state index contributed by atoms with van der Waals surface area (Å²) in [6.07, 6.45) is -4.02. The molecule has 0 N–H and O–H groups in total. The molecule has 4 nitrogen and oxygen atoms in total. The van der Waals surface area contributed by atoms with Crippen molar-refractivity contribution in [2.75, 3.05) is 26.3 Å². The summed E-state index contributed by atoms with van der Waals surface area (Å²) in [5.74, 6) is -2.56. The SMILES string of the molecule is O=C(N1CCOCC1)C(F)(F)Oc1cccc(F)c1. The Labute approximate surface area is 107 Å². The summed E-state index contributed by atoms with van der Waals surface area (Å²) in [4.78, 5) is 12.6.